The van der Waals surface area contributed by atoms with Crippen LogP contribution in [0.5, 0.6) is 5.75 Å². The molecule has 0 bridgehead atoms. The first-order valence-corrected chi connectivity index (χ1v) is 12.9. The molecular weight excluding hydrogens is 488 g/mol. The van der Waals surface area contributed by atoms with Crippen molar-refractivity contribution >= 4 is 11.7 Å². The molecule has 0 radical (unpaired) electrons. The Hall–Kier alpha value is -4.85. The number of hydrogen-bond acceptors (Lipinski definition) is 6. The van der Waals surface area contributed by atoms with Gasteiger partial charge in [0.2, 0.25) is 5.91 Å². The molecule has 0 atom stereocenters. The summed E-state index contributed by atoms with van der Waals surface area (Å²) in [5, 5.41) is 8.61. The summed E-state index contributed by atoms with van der Waals surface area (Å²) < 4.78 is 6.97. The van der Waals surface area contributed by atoms with Crippen LogP contribution in [0.2, 0.25) is 0 Å². The number of nitrogens with zero attached hydrogens (tertiary/aromatic N) is 6. The molecule has 194 valence electrons. The standard InChI is InChI=1S/C31H28N6O2/c1-20(2)26-6-4-5-7-27(26)30-32-17-23-16-29(38)36(31(23)33-30)18-21-8-12-24(13-9-21)37-19-28(34-35-37)22-10-14-25(39-3)15-11-22/h4-15,17,19-20H,16,18H2,1-3H3. The van der Waals surface area contributed by atoms with Crippen molar-refractivity contribution in [2.75, 3.05) is 12.0 Å². The Morgan fingerprint density at radius 3 is 2.49 bits per heavy atom. The van der Waals surface area contributed by atoms with Gasteiger partial charge in [-0.15, -0.1) is 5.10 Å². The molecule has 8 nitrogen and oxygen atoms in total. The predicted octanol–water partition coefficient (Wildman–Crippen LogP) is 5.61. The average Bonchev–Trinajstić information content (AvgIpc) is 3.58. The number of aromatic nitrogens is 5. The van der Waals surface area contributed by atoms with Crippen molar-refractivity contribution in [2.45, 2.75) is 32.7 Å². The van der Waals surface area contributed by atoms with Crippen LogP contribution in [0.1, 0.15) is 36.5 Å². The van der Waals surface area contributed by atoms with E-state index in [-0.39, 0.29) is 5.91 Å². The van der Waals surface area contributed by atoms with Gasteiger partial charge in [-0.1, -0.05) is 55.5 Å². The van der Waals surface area contributed by atoms with Crippen molar-refractivity contribution in [1.82, 2.24) is 25.0 Å². The lowest BCUT2D eigenvalue weighted by Gasteiger charge is -2.18. The molecule has 3 heterocycles. The summed E-state index contributed by atoms with van der Waals surface area (Å²) in [4.78, 5) is 24.2. The van der Waals surface area contributed by atoms with Gasteiger partial charge in [0.1, 0.15) is 17.3 Å². The largest absolute Gasteiger partial charge is 0.497 e. The van der Waals surface area contributed by atoms with Crippen LogP contribution in [-0.2, 0) is 17.8 Å². The monoisotopic (exact) mass is 516 g/mol. The topological polar surface area (TPSA) is 86.0 Å². The second kappa shape index (κ2) is 10.1. The Bertz CT molecular complexity index is 1640. The van der Waals surface area contributed by atoms with Crippen LogP contribution >= 0.6 is 0 Å². The minimum absolute atomic E-state index is 0.0260. The molecular formula is C31H28N6O2. The number of fused-ring (bicyclic) bond motifs is 1. The maximum atomic E-state index is 13.0. The smallest absolute Gasteiger partial charge is 0.233 e. The summed E-state index contributed by atoms with van der Waals surface area (Å²) in [6.07, 6.45) is 4.00. The highest BCUT2D eigenvalue weighted by Gasteiger charge is 2.30. The second-order valence-corrected chi connectivity index (χ2v) is 9.88. The van der Waals surface area contributed by atoms with Gasteiger partial charge in [0, 0.05) is 22.9 Å². The Balaban J connectivity index is 1.22. The third-order valence-electron chi connectivity index (χ3n) is 6.98. The molecule has 1 aliphatic rings. The highest BCUT2D eigenvalue weighted by Crippen LogP contribution is 2.33. The third kappa shape index (κ3) is 4.77. The van der Waals surface area contributed by atoms with Crippen LogP contribution in [0, 0.1) is 0 Å². The second-order valence-electron chi connectivity index (χ2n) is 9.88. The van der Waals surface area contributed by atoms with Gasteiger partial charge in [-0.2, -0.15) is 0 Å². The van der Waals surface area contributed by atoms with Gasteiger partial charge in [-0.3, -0.25) is 9.69 Å². The summed E-state index contributed by atoms with van der Waals surface area (Å²) in [5.74, 6) is 2.49. The summed E-state index contributed by atoms with van der Waals surface area (Å²) >= 11 is 0. The van der Waals surface area contributed by atoms with Gasteiger partial charge in [0.25, 0.3) is 0 Å². The van der Waals surface area contributed by atoms with Gasteiger partial charge < -0.3 is 4.74 Å². The number of rotatable bonds is 7. The van der Waals surface area contributed by atoms with Gasteiger partial charge in [-0.25, -0.2) is 14.6 Å². The van der Waals surface area contributed by atoms with Gasteiger partial charge in [-0.05, 0) is 53.4 Å². The molecule has 0 saturated carbocycles. The molecule has 0 fully saturated rings. The minimum Gasteiger partial charge on any atom is -0.497 e. The van der Waals surface area contributed by atoms with E-state index in [4.69, 9.17) is 9.72 Å². The quantitative estimate of drug-likeness (QED) is 0.279. The fourth-order valence-electron chi connectivity index (χ4n) is 4.85. The van der Waals surface area contributed by atoms with Crippen molar-refractivity contribution in [2.24, 2.45) is 0 Å². The van der Waals surface area contributed by atoms with E-state index in [1.807, 2.05) is 72.9 Å². The van der Waals surface area contributed by atoms with Gasteiger partial charge in [0.05, 0.1) is 32.0 Å². The molecule has 0 saturated heterocycles. The minimum atomic E-state index is 0.0260. The van der Waals surface area contributed by atoms with Crippen molar-refractivity contribution in [3.05, 3.63) is 102 Å². The molecule has 0 aliphatic carbocycles. The zero-order valence-electron chi connectivity index (χ0n) is 22.1. The number of amides is 1. The first kappa shape index (κ1) is 24.5. The van der Waals surface area contributed by atoms with E-state index in [1.54, 1.807) is 22.9 Å². The Kier molecular flexibility index (Phi) is 6.36. The lowest BCUT2D eigenvalue weighted by molar-refractivity contribution is -0.117. The molecule has 0 spiro atoms. The lowest BCUT2D eigenvalue weighted by atomic mass is 9.97. The molecule has 3 aromatic carbocycles. The zero-order chi connectivity index (χ0) is 26.9. The fourth-order valence-corrected chi connectivity index (χ4v) is 4.85. The van der Waals surface area contributed by atoms with Crippen LogP contribution in [0.15, 0.2) is 85.2 Å². The van der Waals surface area contributed by atoms with E-state index < -0.39 is 0 Å². The number of carbonyl (C=O) groups excluding carboxylic acids is 1. The van der Waals surface area contributed by atoms with Crippen molar-refractivity contribution in [1.29, 1.82) is 0 Å². The van der Waals surface area contributed by atoms with Crippen LogP contribution in [0.3, 0.4) is 0 Å². The van der Waals surface area contributed by atoms with Crippen LogP contribution in [-0.4, -0.2) is 38.0 Å². The van der Waals surface area contributed by atoms with E-state index in [0.717, 1.165) is 39.4 Å². The number of benzene rings is 3. The van der Waals surface area contributed by atoms with Crippen LogP contribution in [0.25, 0.3) is 28.3 Å². The first-order valence-electron chi connectivity index (χ1n) is 12.9. The van der Waals surface area contributed by atoms with Crippen molar-refractivity contribution in [3.63, 3.8) is 0 Å². The van der Waals surface area contributed by atoms with E-state index in [0.29, 0.717) is 30.5 Å². The van der Waals surface area contributed by atoms with Gasteiger partial charge >= 0.3 is 0 Å². The highest BCUT2D eigenvalue weighted by molar-refractivity contribution is 6.00. The maximum absolute atomic E-state index is 13.0. The molecule has 2 aromatic heterocycles. The molecule has 39 heavy (non-hydrogen) atoms. The first-order chi connectivity index (χ1) is 19.0. The summed E-state index contributed by atoms with van der Waals surface area (Å²) in [7, 11) is 1.64. The summed E-state index contributed by atoms with van der Waals surface area (Å²) in [5.41, 5.74) is 6.66. The van der Waals surface area contributed by atoms with E-state index in [9.17, 15) is 4.79 Å². The van der Waals surface area contributed by atoms with Crippen LogP contribution < -0.4 is 9.64 Å². The Morgan fingerprint density at radius 2 is 1.74 bits per heavy atom. The SMILES string of the molecule is COc1ccc(-c2cn(-c3ccc(CN4C(=O)Cc5cnc(-c6ccccc6C(C)C)nc54)cc3)nn2)cc1. The Labute approximate surface area is 226 Å². The number of ether oxygens (including phenoxy) is 1. The van der Waals surface area contributed by atoms with Crippen molar-refractivity contribution in [3.8, 4) is 34.1 Å². The normalized spacial score (nSPS) is 12.7. The molecule has 6 rings (SSSR count). The highest BCUT2D eigenvalue weighted by atomic mass is 16.5. The average molecular weight is 517 g/mol. The van der Waals surface area contributed by atoms with Crippen molar-refractivity contribution < 1.29 is 9.53 Å². The number of anilines is 1. The summed E-state index contributed by atoms with van der Waals surface area (Å²) in [6.45, 7) is 4.75. The molecule has 5 aromatic rings. The number of methoxy groups -OCH3 is 1. The third-order valence-corrected chi connectivity index (χ3v) is 6.98. The number of hydrogen-bond donors (Lipinski definition) is 0. The van der Waals surface area contributed by atoms with E-state index in [2.05, 4.69) is 35.2 Å². The van der Waals surface area contributed by atoms with E-state index >= 15 is 0 Å². The molecule has 0 N–H and O–H groups in total. The maximum Gasteiger partial charge on any atom is 0.233 e. The molecule has 1 amide bonds. The fraction of sp³-hybridized carbons (Fsp3) is 0.194. The Morgan fingerprint density at radius 1 is 0.974 bits per heavy atom. The zero-order valence-corrected chi connectivity index (χ0v) is 22.1. The van der Waals surface area contributed by atoms with Crippen LogP contribution in [0.4, 0.5) is 5.82 Å². The van der Waals surface area contributed by atoms with E-state index in [1.165, 1.54) is 5.56 Å². The molecule has 0 unspecified atom stereocenters. The number of carbonyl (C=O) groups is 1. The molecule has 8 heteroatoms. The summed E-state index contributed by atoms with van der Waals surface area (Å²) in [6, 6.07) is 23.9. The molecule has 1 aliphatic heterocycles. The lowest BCUT2D eigenvalue weighted by Crippen LogP contribution is -2.26. The van der Waals surface area contributed by atoms with Gasteiger partial charge in [0.15, 0.2) is 5.82 Å². The predicted molar refractivity (Wildman–Crippen MR) is 150 cm³/mol.